The Morgan fingerprint density at radius 2 is 2.11 bits per heavy atom. The quantitative estimate of drug-likeness (QED) is 0.775. The first-order valence-electron chi connectivity index (χ1n) is 6.00. The minimum absolute atomic E-state index is 0.722. The molecule has 89 valence electrons. The molecule has 1 aliphatic carbocycles. The number of allylic oxidation sites excluding steroid dienone is 4. The molecule has 0 amide bonds. The van der Waals surface area contributed by atoms with Gasteiger partial charge in [0, 0.05) is 5.56 Å². The second-order valence-electron chi connectivity index (χ2n) is 4.15. The zero-order valence-corrected chi connectivity index (χ0v) is 9.93. The molecule has 0 N–H and O–H groups in total. The average Bonchev–Trinajstić information content (AvgIpc) is 2.49. The smallest absolute Gasteiger partial charge is 0.169 e. The Bertz CT molecular complexity index is 548. The van der Waals surface area contributed by atoms with Crippen LogP contribution in [0.15, 0.2) is 66.3 Å². The Labute approximate surface area is 107 Å². The van der Waals surface area contributed by atoms with E-state index in [1.807, 2.05) is 24.3 Å². The molecule has 0 aromatic heterocycles. The van der Waals surface area contributed by atoms with Crippen molar-refractivity contribution in [1.82, 2.24) is 0 Å². The van der Waals surface area contributed by atoms with Crippen molar-refractivity contribution in [2.24, 2.45) is 0 Å². The topological polar surface area (TPSA) is 18.5 Å². The fourth-order valence-electron chi connectivity index (χ4n) is 1.95. The average molecular weight is 237 g/mol. The lowest BCUT2D eigenvalue weighted by atomic mass is 10.0. The summed E-state index contributed by atoms with van der Waals surface area (Å²) in [5.74, 6) is 1.51. The molecule has 0 unspecified atom stereocenters. The number of ether oxygens (including phenoxy) is 2. The van der Waals surface area contributed by atoms with Gasteiger partial charge in [-0.2, -0.15) is 0 Å². The van der Waals surface area contributed by atoms with E-state index in [1.165, 1.54) is 5.57 Å². The van der Waals surface area contributed by atoms with Crippen molar-refractivity contribution >= 4 is 5.76 Å². The van der Waals surface area contributed by atoms with Crippen LogP contribution in [0.1, 0.15) is 18.4 Å². The SMILES string of the molecule is [c]1cccc(C2=COC=C(C3=CC=CCC3)O2)c1. The van der Waals surface area contributed by atoms with Crippen LogP contribution in [-0.2, 0) is 9.47 Å². The van der Waals surface area contributed by atoms with E-state index in [1.54, 1.807) is 12.5 Å². The van der Waals surface area contributed by atoms with E-state index in [0.29, 0.717) is 0 Å². The Morgan fingerprint density at radius 1 is 1.17 bits per heavy atom. The maximum absolute atomic E-state index is 5.89. The molecule has 1 heterocycles. The molecule has 2 heteroatoms. The molecule has 1 aromatic rings. The maximum Gasteiger partial charge on any atom is 0.169 e. The van der Waals surface area contributed by atoms with Gasteiger partial charge in [-0.1, -0.05) is 36.4 Å². The summed E-state index contributed by atoms with van der Waals surface area (Å²) in [7, 11) is 0. The summed E-state index contributed by atoms with van der Waals surface area (Å²) in [6, 6.07) is 10.7. The van der Waals surface area contributed by atoms with E-state index >= 15 is 0 Å². The van der Waals surface area contributed by atoms with Gasteiger partial charge in [0.05, 0.1) is 0 Å². The second-order valence-corrected chi connectivity index (χ2v) is 4.15. The zero-order chi connectivity index (χ0) is 12.2. The molecule has 0 spiro atoms. The number of hydrogen-bond donors (Lipinski definition) is 0. The van der Waals surface area contributed by atoms with Crippen molar-refractivity contribution in [2.45, 2.75) is 12.8 Å². The first-order valence-corrected chi connectivity index (χ1v) is 6.00. The lowest BCUT2D eigenvalue weighted by Gasteiger charge is -2.19. The summed E-state index contributed by atoms with van der Waals surface area (Å²) >= 11 is 0. The van der Waals surface area contributed by atoms with E-state index in [4.69, 9.17) is 9.47 Å². The fourth-order valence-corrected chi connectivity index (χ4v) is 1.95. The monoisotopic (exact) mass is 237 g/mol. The van der Waals surface area contributed by atoms with Gasteiger partial charge < -0.3 is 9.47 Å². The van der Waals surface area contributed by atoms with Crippen molar-refractivity contribution < 1.29 is 9.47 Å². The van der Waals surface area contributed by atoms with Crippen LogP contribution < -0.4 is 0 Å². The van der Waals surface area contributed by atoms with Gasteiger partial charge in [0.15, 0.2) is 11.5 Å². The van der Waals surface area contributed by atoms with Crippen LogP contribution in [0.4, 0.5) is 0 Å². The summed E-state index contributed by atoms with van der Waals surface area (Å²) < 4.78 is 11.3. The Kier molecular flexibility index (Phi) is 3.01. The Hall–Kier alpha value is -2.22. The summed E-state index contributed by atoms with van der Waals surface area (Å²) in [5, 5.41) is 0. The van der Waals surface area contributed by atoms with Gasteiger partial charge in [0.1, 0.15) is 12.5 Å². The molecule has 18 heavy (non-hydrogen) atoms. The first kappa shape index (κ1) is 10.9. The molecule has 2 nitrogen and oxygen atoms in total. The largest absolute Gasteiger partial charge is 0.465 e. The summed E-state index contributed by atoms with van der Waals surface area (Å²) in [6.07, 6.45) is 11.6. The number of hydrogen-bond acceptors (Lipinski definition) is 2. The first-order chi connectivity index (χ1) is 8.93. The molecule has 0 saturated heterocycles. The van der Waals surface area contributed by atoms with Gasteiger partial charge >= 0.3 is 0 Å². The van der Waals surface area contributed by atoms with Crippen LogP contribution in [-0.4, -0.2) is 0 Å². The van der Waals surface area contributed by atoms with Crippen molar-refractivity contribution in [3.63, 3.8) is 0 Å². The van der Waals surface area contributed by atoms with Gasteiger partial charge in [-0.15, -0.1) is 0 Å². The maximum atomic E-state index is 5.89. The molecule has 2 aliphatic rings. The standard InChI is InChI=1S/C16H13O2/c1-3-7-13(8-4-1)15-11-17-12-16(18-15)14-9-5-2-6-10-14/h1-3,5,7,9-12H,4,8H2. The van der Waals surface area contributed by atoms with E-state index in [0.717, 1.165) is 29.9 Å². The normalized spacial score (nSPS) is 18.1. The Balaban J connectivity index is 1.80. The molecule has 1 aromatic carbocycles. The highest BCUT2D eigenvalue weighted by molar-refractivity contribution is 5.61. The van der Waals surface area contributed by atoms with Crippen LogP contribution in [0.2, 0.25) is 0 Å². The fraction of sp³-hybridized carbons (Fsp3) is 0.125. The number of rotatable bonds is 2. The lowest BCUT2D eigenvalue weighted by molar-refractivity contribution is 0.285. The molecular formula is C16H13O2. The van der Waals surface area contributed by atoms with Crippen molar-refractivity contribution in [3.8, 4) is 0 Å². The third-order valence-electron chi connectivity index (χ3n) is 2.89. The highest BCUT2D eigenvalue weighted by Crippen LogP contribution is 2.29. The van der Waals surface area contributed by atoms with Gasteiger partial charge in [-0.3, -0.25) is 0 Å². The predicted molar refractivity (Wildman–Crippen MR) is 70.0 cm³/mol. The van der Waals surface area contributed by atoms with Crippen molar-refractivity contribution in [1.29, 1.82) is 0 Å². The summed E-state index contributed by atoms with van der Waals surface area (Å²) in [5.41, 5.74) is 2.14. The van der Waals surface area contributed by atoms with Crippen LogP contribution >= 0.6 is 0 Å². The van der Waals surface area contributed by atoms with Crippen LogP contribution in [0.5, 0.6) is 0 Å². The van der Waals surface area contributed by atoms with Gasteiger partial charge in [-0.25, -0.2) is 0 Å². The van der Waals surface area contributed by atoms with E-state index < -0.39 is 0 Å². The lowest BCUT2D eigenvalue weighted by Crippen LogP contribution is -2.03. The molecule has 1 aliphatic heterocycles. The summed E-state index contributed by atoms with van der Waals surface area (Å²) in [6.45, 7) is 0. The van der Waals surface area contributed by atoms with E-state index in [-0.39, 0.29) is 0 Å². The third kappa shape index (κ3) is 2.23. The van der Waals surface area contributed by atoms with Crippen molar-refractivity contribution in [2.75, 3.05) is 0 Å². The highest BCUT2D eigenvalue weighted by Gasteiger charge is 2.15. The minimum atomic E-state index is 0.722. The zero-order valence-electron chi connectivity index (χ0n) is 9.93. The van der Waals surface area contributed by atoms with E-state index in [9.17, 15) is 0 Å². The van der Waals surface area contributed by atoms with Crippen LogP contribution in [0.3, 0.4) is 0 Å². The summed E-state index contributed by atoms with van der Waals surface area (Å²) in [4.78, 5) is 0. The highest BCUT2D eigenvalue weighted by atomic mass is 16.5. The molecule has 0 fully saturated rings. The molecule has 1 radical (unpaired) electrons. The van der Waals surface area contributed by atoms with Gasteiger partial charge in [-0.05, 0) is 30.5 Å². The van der Waals surface area contributed by atoms with Gasteiger partial charge in [0.2, 0.25) is 0 Å². The van der Waals surface area contributed by atoms with Crippen LogP contribution in [0, 0.1) is 6.07 Å². The van der Waals surface area contributed by atoms with Crippen molar-refractivity contribution in [3.05, 3.63) is 78.0 Å². The van der Waals surface area contributed by atoms with E-state index in [2.05, 4.69) is 24.3 Å². The molecular weight excluding hydrogens is 224 g/mol. The number of benzene rings is 1. The molecule has 0 saturated carbocycles. The predicted octanol–water partition coefficient (Wildman–Crippen LogP) is 3.95. The molecule has 0 bridgehead atoms. The van der Waals surface area contributed by atoms with Crippen LogP contribution in [0.25, 0.3) is 5.76 Å². The molecule has 3 rings (SSSR count). The minimum Gasteiger partial charge on any atom is -0.465 e. The molecule has 0 atom stereocenters. The second kappa shape index (κ2) is 4.96. The van der Waals surface area contributed by atoms with Gasteiger partial charge in [0.25, 0.3) is 0 Å². The third-order valence-corrected chi connectivity index (χ3v) is 2.89. The Morgan fingerprint density at radius 3 is 2.89 bits per heavy atom.